The fourth-order valence-corrected chi connectivity index (χ4v) is 18.0. The number of rotatable bonds is 18. The first-order chi connectivity index (χ1) is 54.3. The third-order valence-corrected chi connectivity index (χ3v) is 23.5. The van der Waals surface area contributed by atoms with E-state index in [1.165, 1.54) is 73.9 Å². The predicted molar refractivity (Wildman–Crippen MR) is 410 cm³/mol. The number of alkyl halides is 9. The molecule has 34 heteroatoms. The molecule has 115 heavy (non-hydrogen) atoms. The second-order valence-electron chi connectivity index (χ2n) is 27.9. The number of aryl methyl sites for hydroxylation is 6. The molecule has 0 spiro atoms. The molecule has 0 radical (unpaired) electrons. The van der Waals surface area contributed by atoms with Crippen molar-refractivity contribution in [1.29, 1.82) is 0 Å². The number of carboxylic acid groups (broad SMARTS) is 1. The standard InChI is InChI=1S/C30H23F4N3O3S.C22H21F4N3OS.C17H15FN2O2.C12H9F3N2O2S.H2S/c31-19-6-3-5-17(12-19)11-18(16-36-28(39)20-7-1-2-8-21(20)29(36)40)13-24(38)26-14-22-25(41-26)9-4-10-37-27(22)23(15-35-37)30(32,33)34;23-15-4-1-3-13(8-15)7-14(11-27)9-18(30)20-10-16-19(31-20)5-2-6-29-21(16)17(12-28-29)22(24,25)26;18-12-5-3-4-11(8-12)9-13(19)10-20-16(21)14-6-1-2-7-15(14)17(20)22;13-12(14,15)7-5-16-17-3-1-2-8-6(10(7)17)4-9(20-8)11(18)19;/h1-3,5-8,12,14-15,18H,4,9-11,13,16H2;1,3-4,8,10,12,14H,2,5-7,9,11,27H2;1-8,13H,9-10,19H2;4-5H,1-3H2,(H,18,19);1H2/t18-;14-;13-;;/m110../s1. The zero-order chi connectivity index (χ0) is 81.2. The fourth-order valence-electron chi connectivity index (χ4n) is 14.6. The van der Waals surface area contributed by atoms with Crippen molar-refractivity contribution < 1.29 is 91.4 Å². The van der Waals surface area contributed by atoms with Gasteiger partial charge < -0.3 is 16.6 Å². The molecular formula is C81H70F12N10O8S4. The predicted octanol–water partition coefficient (Wildman–Crippen LogP) is 16.9. The van der Waals surface area contributed by atoms with Crippen LogP contribution in [-0.2, 0) is 76.7 Å². The summed E-state index contributed by atoms with van der Waals surface area (Å²) >= 11 is 3.44. The van der Waals surface area contributed by atoms with Crippen molar-refractivity contribution in [2.24, 2.45) is 23.3 Å². The van der Waals surface area contributed by atoms with Gasteiger partial charge >= 0.3 is 24.5 Å². The van der Waals surface area contributed by atoms with Crippen LogP contribution in [-0.4, -0.2) is 111 Å². The van der Waals surface area contributed by atoms with Crippen molar-refractivity contribution in [3.05, 3.63) is 260 Å². The van der Waals surface area contributed by atoms with Gasteiger partial charge in [0.15, 0.2) is 11.6 Å². The van der Waals surface area contributed by atoms with Gasteiger partial charge in [-0.3, -0.25) is 52.6 Å². The van der Waals surface area contributed by atoms with E-state index in [-0.39, 0.29) is 126 Å². The lowest BCUT2D eigenvalue weighted by Gasteiger charge is -2.22. The summed E-state index contributed by atoms with van der Waals surface area (Å²) in [6, 6.07) is 35.3. The lowest BCUT2D eigenvalue weighted by atomic mass is 9.93. The SMILES string of the molecule is NC[C@@H](CC(=O)c1cc2c(s1)CCCn1ncc(C(F)(F)F)c1-2)Cc1cccc(F)c1.N[C@@H](Cc1cccc(F)c1)CN1C(=O)c2ccccc2C1=O.O=C(C[C@@H](Cc1cccc(F)c1)CN1C(=O)c2ccccc2C1=O)c1cc2c(s1)CCCn1ncc(C(F)(F)F)c1-2.O=C(O)c1cc2c(s1)CCCn1ncc(C(F)(F)F)c1-2.S. The molecule has 5 aliphatic rings. The topological polar surface area (TPSA) is 252 Å². The molecule has 0 saturated carbocycles. The Balaban J connectivity index is 0.000000147. The first-order valence-corrected chi connectivity index (χ1v) is 38.4. The lowest BCUT2D eigenvalue weighted by Crippen LogP contribution is -2.41. The van der Waals surface area contributed by atoms with E-state index in [1.807, 2.05) is 0 Å². The summed E-state index contributed by atoms with van der Waals surface area (Å²) in [6.07, 6.45) is -6.47. The van der Waals surface area contributed by atoms with E-state index in [2.05, 4.69) is 15.3 Å². The number of aromatic nitrogens is 6. The van der Waals surface area contributed by atoms with Gasteiger partial charge in [-0.05, 0) is 172 Å². The number of benzene rings is 5. The maximum absolute atomic E-state index is 14.0. The van der Waals surface area contributed by atoms with Gasteiger partial charge in [-0.15, -0.1) is 34.0 Å². The number of nitrogens with zero attached hydrogens (tertiary/aromatic N) is 8. The summed E-state index contributed by atoms with van der Waals surface area (Å²) in [5.74, 6) is -5.04. The van der Waals surface area contributed by atoms with Crippen molar-refractivity contribution in [2.45, 2.75) is 115 Å². The molecule has 5 aromatic carbocycles. The smallest absolute Gasteiger partial charge is 0.420 e. The number of amides is 4. The van der Waals surface area contributed by atoms with Crippen molar-refractivity contribution in [3.8, 4) is 33.8 Å². The Morgan fingerprint density at radius 1 is 0.435 bits per heavy atom. The van der Waals surface area contributed by atoms with Gasteiger partial charge in [0, 0.05) is 82.9 Å². The zero-order valence-electron chi connectivity index (χ0n) is 60.6. The molecule has 18 nitrogen and oxygen atoms in total. The van der Waals surface area contributed by atoms with Crippen LogP contribution in [0.2, 0.25) is 0 Å². The minimum Gasteiger partial charge on any atom is -0.477 e. The number of imide groups is 2. The Bertz CT molecular complexity index is 5450. The highest BCUT2D eigenvalue weighted by Crippen LogP contribution is 2.47. The third-order valence-electron chi connectivity index (χ3n) is 19.8. The van der Waals surface area contributed by atoms with Crippen LogP contribution in [0.3, 0.4) is 0 Å². The summed E-state index contributed by atoms with van der Waals surface area (Å²) in [5, 5.41) is 20.7. The number of nitrogens with two attached hydrogens (primary N) is 2. The minimum atomic E-state index is -4.59. The molecule has 0 fully saturated rings. The molecule has 5 N–H and O–H groups in total. The quantitative estimate of drug-likeness (QED) is 0.0411. The van der Waals surface area contributed by atoms with Gasteiger partial charge in [-0.1, -0.05) is 60.7 Å². The molecule has 11 heterocycles. The summed E-state index contributed by atoms with van der Waals surface area (Å²) < 4.78 is 165. The number of hydrogen-bond donors (Lipinski definition) is 3. The van der Waals surface area contributed by atoms with Crippen LogP contribution < -0.4 is 11.5 Å². The molecule has 0 aliphatic carbocycles. The van der Waals surface area contributed by atoms with E-state index in [4.69, 9.17) is 16.6 Å². The van der Waals surface area contributed by atoms with E-state index in [1.54, 1.807) is 91.0 Å². The molecule has 11 aromatic rings. The second kappa shape index (κ2) is 34.8. The van der Waals surface area contributed by atoms with Crippen LogP contribution in [0.25, 0.3) is 33.8 Å². The van der Waals surface area contributed by atoms with Crippen LogP contribution in [0.4, 0.5) is 52.7 Å². The highest BCUT2D eigenvalue weighted by Gasteiger charge is 2.43. The molecule has 3 atom stereocenters. The number of carboxylic acids is 1. The highest BCUT2D eigenvalue weighted by atomic mass is 32.1. The number of fused-ring (bicyclic) bond motifs is 11. The molecule has 0 unspecified atom stereocenters. The monoisotopic (exact) mass is 1670 g/mol. The fraction of sp³-hybridized carbons (Fsp3) is 0.284. The second-order valence-corrected chi connectivity index (χ2v) is 31.3. The van der Waals surface area contributed by atoms with Gasteiger partial charge in [0.25, 0.3) is 23.6 Å². The van der Waals surface area contributed by atoms with Gasteiger partial charge in [0.2, 0.25) is 0 Å². The van der Waals surface area contributed by atoms with Crippen LogP contribution >= 0.6 is 47.5 Å². The molecule has 0 bridgehead atoms. The first-order valence-electron chi connectivity index (χ1n) is 36.0. The maximum Gasteiger partial charge on any atom is 0.420 e. The van der Waals surface area contributed by atoms with Crippen molar-refractivity contribution >= 4 is 88.7 Å². The Kier molecular flexibility index (Phi) is 25.4. The largest absolute Gasteiger partial charge is 0.477 e. The number of aromatic carboxylic acids is 1. The Morgan fingerprint density at radius 3 is 1.10 bits per heavy atom. The summed E-state index contributed by atoms with van der Waals surface area (Å²) in [5.41, 5.74) is 14.0. The number of Topliss-reactive ketones (excluding diaryl/α,β-unsaturated/α-hetero) is 2. The Hall–Kier alpha value is -10.7. The van der Waals surface area contributed by atoms with E-state index in [9.17, 15) is 86.2 Å². The summed E-state index contributed by atoms with van der Waals surface area (Å²) in [6.45, 7) is 1.44. The van der Waals surface area contributed by atoms with Crippen LogP contribution in [0.5, 0.6) is 0 Å². The zero-order valence-corrected chi connectivity index (χ0v) is 64.0. The minimum absolute atomic E-state index is 0. The average molecular weight is 1670 g/mol. The normalized spacial score (nSPS) is 14.8. The molecule has 600 valence electrons. The maximum atomic E-state index is 14.0. The number of ketones is 2. The van der Waals surface area contributed by atoms with Crippen molar-refractivity contribution in [1.82, 2.24) is 39.1 Å². The van der Waals surface area contributed by atoms with Crippen molar-refractivity contribution in [2.75, 3.05) is 19.6 Å². The molecule has 4 amide bonds. The van der Waals surface area contributed by atoms with Crippen LogP contribution in [0.1, 0.15) is 151 Å². The number of halogens is 12. The molecule has 5 aliphatic heterocycles. The van der Waals surface area contributed by atoms with Crippen LogP contribution in [0.15, 0.2) is 158 Å². The molecule has 16 rings (SSSR count). The average Bonchev–Trinajstić information content (AvgIpc) is 1.61. The van der Waals surface area contributed by atoms with Gasteiger partial charge in [-0.25, -0.2) is 18.0 Å². The highest BCUT2D eigenvalue weighted by molar-refractivity contribution is 7.59. The molecular weight excluding hydrogens is 1600 g/mol. The third kappa shape index (κ3) is 18.7. The van der Waals surface area contributed by atoms with Crippen LogP contribution in [0, 0.1) is 29.3 Å². The van der Waals surface area contributed by atoms with E-state index in [0.29, 0.717) is 124 Å². The summed E-state index contributed by atoms with van der Waals surface area (Å²) in [7, 11) is 0. The number of carbonyl (C=O) groups is 7. The van der Waals surface area contributed by atoms with Gasteiger partial charge in [0.1, 0.15) is 39.0 Å². The Morgan fingerprint density at radius 2 is 0.757 bits per heavy atom. The number of thiophene rings is 3. The van der Waals surface area contributed by atoms with E-state index < -0.39 is 70.8 Å². The van der Waals surface area contributed by atoms with E-state index in [0.717, 1.165) is 67.1 Å². The number of hydrogen-bond acceptors (Lipinski definition) is 15. The number of carbonyl (C=O) groups excluding carboxylic acids is 6. The first kappa shape index (κ1) is 83.8. The molecule has 6 aromatic heterocycles. The van der Waals surface area contributed by atoms with Crippen molar-refractivity contribution in [3.63, 3.8) is 0 Å². The van der Waals surface area contributed by atoms with Gasteiger partial charge in [0.05, 0.1) is 67.7 Å². The summed E-state index contributed by atoms with van der Waals surface area (Å²) in [4.78, 5) is 93.3. The molecule has 0 saturated heterocycles. The lowest BCUT2D eigenvalue weighted by molar-refractivity contribution is -0.138. The Labute approximate surface area is 667 Å². The van der Waals surface area contributed by atoms with E-state index >= 15 is 0 Å². The van der Waals surface area contributed by atoms with Gasteiger partial charge in [-0.2, -0.15) is 68.3 Å².